The second-order valence-corrected chi connectivity index (χ2v) is 7.96. The molecule has 3 heteroatoms. The first kappa shape index (κ1) is 21.1. The second kappa shape index (κ2) is 10.9. The van der Waals surface area contributed by atoms with E-state index in [1.165, 1.54) is 24.8 Å². The van der Waals surface area contributed by atoms with Crippen molar-refractivity contribution >= 4 is 5.69 Å². The fraction of sp³-hybridized carbons (Fsp3) is 0.500. The predicted molar refractivity (Wildman–Crippen MR) is 115 cm³/mol. The van der Waals surface area contributed by atoms with Gasteiger partial charge < -0.3 is 14.8 Å². The summed E-state index contributed by atoms with van der Waals surface area (Å²) in [5, 5.41) is 3.42. The molecule has 0 amide bonds. The lowest BCUT2D eigenvalue weighted by molar-refractivity contribution is 0.305. The van der Waals surface area contributed by atoms with Gasteiger partial charge in [-0.1, -0.05) is 71.2 Å². The highest BCUT2D eigenvalue weighted by atomic mass is 16.5. The summed E-state index contributed by atoms with van der Waals surface area (Å²) in [6.45, 7) is 11.0. The van der Waals surface area contributed by atoms with Crippen LogP contribution in [0.5, 0.6) is 11.5 Å². The van der Waals surface area contributed by atoms with E-state index in [1.807, 2.05) is 24.3 Å². The first-order valence-electron chi connectivity index (χ1n) is 10.2. The van der Waals surface area contributed by atoms with Crippen molar-refractivity contribution in [2.24, 2.45) is 0 Å². The van der Waals surface area contributed by atoms with Crippen LogP contribution in [-0.4, -0.2) is 19.8 Å². The van der Waals surface area contributed by atoms with E-state index in [0.717, 1.165) is 36.8 Å². The molecule has 3 nitrogen and oxygen atoms in total. The highest BCUT2D eigenvalue weighted by Crippen LogP contribution is 2.30. The molecule has 0 saturated carbocycles. The molecular weight excluding hydrogens is 334 g/mol. The average molecular weight is 370 g/mol. The summed E-state index contributed by atoms with van der Waals surface area (Å²) in [4.78, 5) is 0. The number of ether oxygens (including phenoxy) is 2. The molecule has 0 fully saturated rings. The molecule has 27 heavy (non-hydrogen) atoms. The van der Waals surface area contributed by atoms with Gasteiger partial charge >= 0.3 is 0 Å². The molecule has 2 rings (SSSR count). The van der Waals surface area contributed by atoms with E-state index in [2.05, 4.69) is 57.3 Å². The van der Waals surface area contributed by atoms with Gasteiger partial charge in [-0.25, -0.2) is 0 Å². The Morgan fingerprint density at radius 2 is 1.67 bits per heavy atom. The third kappa shape index (κ3) is 7.54. The number of hydrogen-bond donors (Lipinski definition) is 1. The van der Waals surface area contributed by atoms with Crippen molar-refractivity contribution in [1.82, 2.24) is 0 Å². The Morgan fingerprint density at radius 3 is 2.44 bits per heavy atom. The van der Waals surface area contributed by atoms with Gasteiger partial charge in [0, 0.05) is 18.3 Å². The normalized spacial score (nSPS) is 11.3. The van der Waals surface area contributed by atoms with Crippen molar-refractivity contribution in [3.05, 3.63) is 54.1 Å². The van der Waals surface area contributed by atoms with Gasteiger partial charge in [-0.3, -0.25) is 0 Å². The van der Waals surface area contributed by atoms with E-state index in [9.17, 15) is 0 Å². The molecule has 0 bridgehead atoms. The standard InChI is InChI=1S/C24H35NO2/c1-5-6-7-10-17-26-21-13-11-12-20(19-21)25-16-18-27-23-15-9-8-14-22(23)24(2,3)4/h8-9,11-15,19,25H,5-7,10,16-18H2,1-4H3. The molecule has 0 atom stereocenters. The number of unbranched alkanes of at least 4 members (excludes halogenated alkanes) is 3. The minimum Gasteiger partial charge on any atom is -0.494 e. The maximum absolute atomic E-state index is 6.02. The molecule has 2 aromatic rings. The molecule has 0 spiro atoms. The Morgan fingerprint density at radius 1 is 0.852 bits per heavy atom. The molecule has 1 N–H and O–H groups in total. The second-order valence-electron chi connectivity index (χ2n) is 7.96. The lowest BCUT2D eigenvalue weighted by Gasteiger charge is -2.22. The molecule has 2 aromatic carbocycles. The van der Waals surface area contributed by atoms with Gasteiger partial charge in [-0.15, -0.1) is 0 Å². The Bertz CT molecular complexity index is 676. The monoisotopic (exact) mass is 369 g/mol. The molecule has 0 aliphatic carbocycles. The van der Waals surface area contributed by atoms with E-state index >= 15 is 0 Å². The number of anilines is 1. The number of hydrogen-bond acceptors (Lipinski definition) is 3. The van der Waals surface area contributed by atoms with E-state index in [0.29, 0.717) is 6.61 Å². The van der Waals surface area contributed by atoms with Crippen LogP contribution < -0.4 is 14.8 Å². The van der Waals surface area contributed by atoms with Gasteiger partial charge in [0.1, 0.15) is 18.1 Å². The Kier molecular flexibility index (Phi) is 8.50. The van der Waals surface area contributed by atoms with Crippen molar-refractivity contribution in [1.29, 1.82) is 0 Å². The van der Waals surface area contributed by atoms with Crippen LogP contribution >= 0.6 is 0 Å². The molecular formula is C24H35NO2. The van der Waals surface area contributed by atoms with Crippen LogP contribution in [-0.2, 0) is 5.41 Å². The van der Waals surface area contributed by atoms with Crippen LogP contribution in [0.1, 0.15) is 58.9 Å². The molecule has 0 saturated heterocycles. The summed E-state index contributed by atoms with van der Waals surface area (Å²) in [6, 6.07) is 16.5. The zero-order valence-corrected chi connectivity index (χ0v) is 17.4. The van der Waals surface area contributed by atoms with E-state index in [1.54, 1.807) is 0 Å². The number of benzene rings is 2. The quantitative estimate of drug-likeness (QED) is 0.463. The summed E-state index contributed by atoms with van der Waals surface area (Å²) in [5.41, 5.74) is 2.38. The van der Waals surface area contributed by atoms with Crippen molar-refractivity contribution in [3.8, 4) is 11.5 Å². The first-order valence-corrected chi connectivity index (χ1v) is 10.2. The summed E-state index contributed by atoms with van der Waals surface area (Å²) in [7, 11) is 0. The molecule has 0 aliphatic heterocycles. The summed E-state index contributed by atoms with van der Waals surface area (Å²) >= 11 is 0. The smallest absolute Gasteiger partial charge is 0.123 e. The SMILES string of the molecule is CCCCCCOc1cccc(NCCOc2ccccc2C(C)(C)C)c1. The van der Waals surface area contributed by atoms with Gasteiger partial charge in [0.25, 0.3) is 0 Å². The van der Waals surface area contributed by atoms with E-state index in [-0.39, 0.29) is 5.41 Å². The van der Waals surface area contributed by atoms with E-state index in [4.69, 9.17) is 9.47 Å². The van der Waals surface area contributed by atoms with Gasteiger partial charge in [0.05, 0.1) is 6.61 Å². The lowest BCUT2D eigenvalue weighted by Crippen LogP contribution is -2.16. The van der Waals surface area contributed by atoms with Crippen molar-refractivity contribution in [2.45, 2.75) is 58.8 Å². The third-order valence-corrected chi connectivity index (χ3v) is 4.48. The van der Waals surface area contributed by atoms with Crippen LogP contribution in [0.15, 0.2) is 48.5 Å². The average Bonchev–Trinajstić information content (AvgIpc) is 2.65. The van der Waals surface area contributed by atoms with Crippen LogP contribution in [0, 0.1) is 0 Å². The predicted octanol–water partition coefficient (Wildman–Crippen LogP) is 6.43. The topological polar surface area (TPSA) is 30.5 Å². The number of rotatable bonds is 11. The van der Waals surface area contributed by atoms with Crippen molar-refractivity contribution in [2.75, 3.05) is 25.1 Å². The fourth-order valence-corrected chi connectivity index (χ4v) is 2.98. The van der Waals surface area contributed by atoms with E-state index < -0.39 is 0 Å². The minimum atomic E-state index is 0.0762. The summed E-state index contributed by atoms with van der Waals surface area (Å²) in [5.74, 6) is 1.89. The first-order chi connectivity index (χ1) is 13.0. The highest BCUT2D eigenvalue weighted by molar-refractivity contribution is 5.48. The number of para-hydroxylation sites is 1. The van der Waals surface area contributed by atoms with Gasteiger partial charge in [0.15, 0.2) is 0 Å². The number of nitrogens with one attached hydrogen (secondary N) is 1. The van der Waals surface area contributed by atoms with Crippen molar-refractivity contribution < 1.29 is 9.47 Å². The highest BCUT2D eigenvalue weighted by Gasteiger charge is 2.18. The maximum atomic E-state index is 6.02. The van der Waals surface area contributed by atoms with Crippen LogP contribution in [0.2, 0.25) is 0 Å². The van der Waals surface area contributed by atoms with Gasteiger partial charge in [0.2, 0.25) is 0 Å². The van der Waals surface area contributed by atoms with Crippen LogP contribution in [0.4, 0.5) is 5.69 Å². The van der Waals surface area contributed by atoms with Crippen LogP contribution in [0.25, 0.3) is 0 Å². The molecule has 0 aliphatic rings. The molecule has 0 radical (unpaired) electrons. The van der Waals surface area contributed by atoms with Gasteiger partial charge in [-0.05, 0) is 35.6 Å². The lowest BCUT2D eigenvalue weighted by atomic mass is 9.86. The molecule has 0 aromatic heterocycles. The third-order valence-electron chi connectivity index (χ3n) is 4.48. The molecule has 0 heterocycles. The van der Waals surface area contributed by atoms with Crippen LogP contribution in [0.3, 0.4) is 0 Å². The molecule has 0 unspecified atom stereocenters. The fourth-order valence-electron chi connectivity index (χ4n) is 2.98. The summed E-state index contributed by atoms with van der Waals surface area (Å²) < 4.78 is 11.9. The van der Waals surface area contributed by atoms with Crippen molar-refractivity contribution in [3.63, 3.8) is 0 Å². The largest absolute Gasteiger partial charge is 0.494 e. The minimum absolute atomic E-state index is 0.0762. The Labute approximate surface area is 165 Å². The summed E-state index contributed by atoms with van der Waals surface area (Å²) in [6.07, 6.45) is 4.89. The zero-order valence-electron chi connectivity index (χ0n) is 17.4. The zero-order chi connectivity index (χ0) is 19.5. The molecule has 148 valence electrons. The Balaban J connectivity index is 1.77. The maximum Gasteiger partial charge on any atom is 0.123 e. The Hall–Kier alpha value is -2.16. The van der Waals surface area contributed by atoms with Gasteiger partial charge in [-0.2, -0.15) is 0 Å².